The fraction of sp³-hybridized carbons (Fsp3) is 0.200. The van der Waals surface area contributed by atoms with Crippen LogP contribution in [-0.4, -0.2) is 28.3 Å². The van der Waals surface area contributed by atoms with Gasteiger partial charge in [0.2, 0.25) is 0 Å². The lowest BCUT2D eigenvalue weighted by molar-refractivity contribution is -0.255. The first-order valence-electron chi connectivity index (χ1n) is 8.55. The molecule has 144 valence electrons. The number of furan rings is 1. The minimum atomic E-state index is -1.26. The molecule has 0 unspecified atom stereocenters. The molecule has 0 saturated carbocycles. The Balaban J connectivity index is 1.66. The first-order valence-corrected chi connectivity index (χ1v) is 8.55. The lowest BCUT2D eigenvalue weighted by Crippen LogP contribution is -2.22. The van der Waals surface area contributed by atoms with Gasteiger partial charge in [0.1, 0.15) is 11.5 Å². The Morgan fingerprint density at radius 1 is 1.21 bits per heavy atom. The van der Waals surface area contributed by atoms with Crippen LogP contribution in [0.25, 0.3) is 11.3 Å². The number of carbonyl (C=O) groups is 2. The average Bonchev–Trinajstić information content (AvgIpc) is 3.31. The van der Waals surface area contributed by atoms with Crippen LogP contribution in [0.5, 0.6) is 0 Å². The van der Waals surface area contributed by atoms with Gasteiger partial charge in [-0.25, -0.2) is 5.43 Å². The number of H-pyrrole nitrogens is 1. The van der Waals surface area contributed by atoms with E-state index in [1.807, 2.05) is 20.8 Å². The van der Waals surface area contributed by atoms with E-state index in [0.29, 0.717) is 17.1 Å². The molecule has 3 rings (SSSR count). The SMILES string of the molecule is CC(C)(C)c1cc(C(=O)N/N=C\c2ccc(-c3cccc(C(=O)[O-])c3)o2)n[nH]1. The standard InChI is InChI=1S/C20H20N4O4/c1-20(2,3)17-10-15(22-23-17)18(25)24-21-11-14-7-8-16(28-14)12-5-4-6-13(9-12)19(26)27/h4-11H,1-3H3,(H,22,23)(H,24,25)(H,26,27)/p-1/b21-11-. The topological polar surface area (TPSA) is 123 Å². The molecular weight excluding hydrogens is 360 g/mol. The van der Waals surface area contributed by atoms with Gasteiger partial charge in [0, 0.05) is 16.7 Å². The van der Waals surface area contributed by atoms with Crippen molar-refractivity contribution in [2.45, 2.75) is 26.2 Å². The highest BCUT2D eigenvalue weighted by Crippen LogP contribution is 2.22. The van der Waals surface area contributed by atoms with E-state index in [1.165, 1.54) is 18.3 Å². The molecule has 8 nitrogen and oxygen atoms in total. The molecular formula is C20H19N4O4-. The van der Waals surface area contributed by atoms with Gasteiger partial charge in [0.25, 0.3) is 5.91 Å². The number of aromatic amines is 1. The highest BCUT2D eigenvalue weighted by molar-refractivity contribution is 5.93. The summed E-state index contributed by atoms with van der Waals surface area (Å²) in [7, 11) is 0. The van der Waals surface area contributed by atoms with Crippen molar-refractivity contribution in [2.24, 2.45) is 5.10 Å². The molecule has 8 heteroatoms. The maximum absolute atomic E-state index is 12.1. The van der Waals surface area contributed by atoms with Gasteiger partial charge >= 0.3 is 0 Å². The molecule has 28 heavy (non-hydrogen) atoms. The lowest BCUT2D eigenvalue weighted by Gasteiger charge is -2.14. The second-order valence-corrected chi connectivity index (χ2v) is 7.19. The minimum Gasteiger partial charge on any atom is -0.545 e. The fourth-order valence-corrected chi connectivity index (χ4v) is 2.41. The zero-order valence-electron chi connectivity index (χ0n) is 15.6. The Hall–Kier alpha value is -3.68. The average molecular weight is 379 g/mol. The van der Waals surface area contributed by atoms with Gasteiger partial charge in [-0.3, -0.25) is 9.89 Å². The van der Waals surface area contributed by atoms with Crippen molar-refractivity contribution in [1.29, 1.82) is 0 Å². The summed E-state index contributed by atoms with van der Waals surface area (Å²) in [5, 5.41) is 21.7. The summed E-state index contributed by atoms with van der Waals surface area (Å²) in [5.41, 5.74) is 3.98. The number of hydrazone groups is 1. The van der Waals surface area contributed by atoms with Crippen molar-refractivity contribution in [2.75, 3.05) is 0 Å². The highest BCUT2D eigenvalue weighted by Gasteiger charge is 2.19. The van der Waals surface area contributed by atoms with Gasteiger partial charge in [-0.05, 0) is 29.8 Å². The number of nitrogens with zero attached hydrogens (tertiary/aromatic N) is 2. The highest BCUT2D eigenvalue weighted by atomic mass is 16.4. The van der Waals surface area contributed by atoms with E-state index in [1.54, 1.807) is 30.3 Å². The molecule has 1 aromatic carbocycles. The largest absolute Gasteiger partial charge is 0.545 e. The zero-order chi connectivity index (χ0) is 20.3. The van der Waals surface area contributed by atoms with Crippen LogP contribution >= 0.6 is 0 Å². The third-order valence-electron chi connectivity index (χ3n) is 3.99. The number of amides is 1. The summed E-state index contributed by atoms with van der Waals surface area (Å²) in [6, 6.07) is 11.2. The van der Waals surface area contributed by atoms with E-state index in [-0.39, 0.29) is 16.7 Å². The molecule has 0 aliphatic heterocycles. The molecule has 0 spiro atoms. The molecule has 2 aromatic heterocycles. The van der Waals surface area contributed by atoms with Gasteiger partial charge in [0.15, 0.2) is 5.69 Å². The third-order valence-corrected chi connectivity index (χ3v) is 3.99. The normalized spacial score (nSPS) is 11.7. The molecule has 0 aliphatic carbocycles. The number of hydrogen-bond acceptors (Lipinski definition) is 6. The second-order valence-electron chi connectivity index (χ2n) is 7.19. The van der Waals surface area contributed by atoms with Crippen molar-refractivity contribution in [3.8, 4) is 11.3 Å². The van der Waals surface area contributed by atoms with Crippen LogP contribution in [0.15, 0.2) is 52.0 Å². The number of aromatic nitrogens is 2. The van der Waals surface area contributed by atoms with Crippen molar-refractivity contribution in [3.05, 3.63) is 65.2 Å². The van der Waals surface area contributed by atoms with E-state index < -0.39 is 11.9 Å². The van der Waals surface area contributed by atoms with E-state index >= 15 is 0 Å². The van der Waals surface area contributed by atoms with E-state index in [0.717, 1.165) is 5.69 Å². The number of carbonyl (C=O) groups excluding carboxylic acids is 2. The van der Waals surface area contributed by atoms with E-state index in [2.05, 4.69) is 20.7 Å². The van der Waals surface area contributed by atoms with Crippen LogP contribution in [-0.2, 0) is 5.41 Å². The number of aromatic carboxylic acids is 1. The molecule has 0 saturated heterocycles. The second kappa shape index (κ2) is 7.51. The third kappa shape index (κ3) is 4.35. The van der Waals surface area contributed by atoms with Gasteiger partial charge in [-0.2, -0.15) is 10.2 Å². The first-order chi connectivity index (χ1) is 13.2. The summed E-state index contributed by atoms with van der Waals surface area (Å²) in [4.78, 5) is 23.1. The van der Waals surface area contributed by atoms with Crippen molar-refractivity contribution in [3.63, 3.8) is 0 Å². The number of rotatable bonds is 5. The predicted molar refractivity (Wildman–Crippen MR) is 101 cm³/mol. The molecule has 0 atom stereocenters. The van der Waals surface area contributed by atoms with Crippen LogP contribution in [0.4, 0.5) is 0 Å². The number of hydrogen-bond donors (Lipinski definition) is 2. The minimum absolute atomic E-state index is 0.0602. The molecule has 2 N–H and O–H groups in total. The number of carboxylic acids is 1. The van der Waals surface area contributed by atoms with E-state index in [4.69, 9.17) is 4.42 Å². The zero-order valence-corrected chi connectivity index (χ0v) is 15.6. The van der Waals surface area contributed by atoms with Gasteiger partial charge in [0.05, 0.1) is 12.2 Å². The molecule has 2 heterocycles. The van der Waals surface area contributed by atoms with Crippen LogP contribution in [0.2, 0.25) is 0 Å². The summed E-state index contributed by atoms with van der Waals surface area (Å²) < 4.78 is 5.61. The summed E-state index contributed by atoms with van der Waals surface area (Å²) in [5.74, 6) is -0.841. The molecule has 0 bridgehead atoms. The first kappa shape index (κ1) is 19.1. The fourth-order valence-electron chi connectivity index (χ4n) is 2.41. The Bertz CT molecular complexity index is 1040. The Morgan fingerprint density at radius 3 is 2.68 bits per heavy atom. The number of nitrogens with one attached hydrogen (secondary N) is 2. The van der Waals surface area contributed by atoms with E-state index in [9.17, 15) is 14.7 Å². The molecule has 0 radical (unpaired) electrons. The van der Waals surface area contributed by atoms with Crippen LogP contribution in [0, 0.1) is 0 Å². The lowest BCUT2D eigenvalue weighted by atomic mass is 9.92. The molecule has 0 aliphatic rings. The molecule has 0 fully saturated rings. The smallest absolute Gasteiger partial charge is 0.291 e. The summed E-state index contributed by atoms with van der Waals surface area (Å²) in [6.07, 6.45) is 1.35. The van der Waals surface area contributed by atoms with Crippen molar-refractivity contribution in [1.82, 2.24) is 15.6 Å². The Labute approximate surface area is 161 Å². The van der Waals surface area contributed by atoms with Gasteiger partial charge in [-0.1, -0.05) is 39.0 Å². The maximum atomic E-state index is 12.1. The summed E-state index contributed by atoms with van der Waals surface area (Å²) in [6.45, 7) is 6.03. The Morgan fingerprint density at radius 2 is 2.00 bits per heavy atom. The van der Waals surface area contributed by atoms with Crippen molar-refractivity contribution >= 4 is 18.1 Å². The Kier molecular flexibility index (Phi) is 5.12. The maximum Gasteiger partial charge on any atom is 0.291 e. The van der Waals surface area contributed by atoms with Crippen LogP contribution in [0.1, 0.15) is 53.1 Å². The monoisotopic (exact) mass is 379 g/mol. The van der Waals surface area contributed by atoms with Gasteiger partial charge in [-0.15, -0.1) is 0 Å². The van der Waals surface area contributed by atoms with Crippen LogP contribution < -0.4 is 10.5 Å². The predicted octanol–water partition coefficient (Wildman–Crippen LogP) is 2.09. The molecule has 3 aromatic rings. The van der Waals surface area contributed by atoms with Crippen LogP contribution in [0.3, 0.4) is 0 Å². The summed E-state index contributed by atoms with van der Waals surface area (Å²) >= 11 is 0. The van der Waals surface area contributed by atoms with Crippen molar-refractivity contribution < 1.29 is 19.1 Å². The molecule has 1 amide bonds. The van der Waals surface area contributed by atoms with Gasteiger partial charge < -0.3 is 14.3 Å². The quantitative estimate of drug-likeness (QED) is 0.519. The number of benzene rings is 1. The number of carboxylic acid groups (broad SMARTS) is 1.